The van der Waals surface area contributed by atoms with Gasteiger partial charge in [-0.05, 0) is 25.5 Å². The van der Waals surface area contributed by atoms with E-state index in [1.807, 2.05) is 55.5 Å². The van der Waals surface area contributed by atoms with Crippen molar-refractivity contribution in [1.82, 2.24) is 0 Å². The maximum atomic E-state index is 12.3. The fourth-order valence-electron chi connectivity index (χ4n) is 2.06. The minimum Gasteiger partial charge on any atom is -0.618 e. The predicted molar refractivity (Wildman–Crippen MR) is 75.5 cm³/mol. The molecular weight excluding hydrogens is 222 g/mol. The van der Waals surface area contributed by atoms with Crippen molar-refractivity contribution in [2.75, 3.05) is 0 Å². The van der Waals surface area contributed by atoms with Gasteiger partial charge in [0.2, 0.25) is 5.69 Å². The van der Waals surface area contributed by atoms with E-state index < -0.39 is 0 Å². The molecule has 0 aromatic heterocycles. The van der Waals surface area contributed by atoms with Crippen LogP contribution in [0.3, 0.4) is 0 Å². The van der Waals surface area contributed by atoms with Crippen LogP contribution in [0.25, 0.3) is 0 Å². The van der Waals surface area contributed by atoms with Crippen molar-refractivity contribution >= 4 is 11.9 Å². The van der Waals surface area contributed by atoms with Crippen LogP contribution in [0.15, 0.2) is 48.5 Å². The Balaban J connectivity index is 2.46. The summed E-state index contributed by atoms with van der Waals surface area (Å²) in [5.41, 5.74) is 3.77. The molecule has 0 bridgehead atoms. The van der Waals surface area contributed by atoms with Crippen molar-refractivity contribution in [1.29, 1.82) is 0 Å². The molecule has 2 aromatic rings. The molecule has 2 nitrogen and oxygen atoms in total. The van der Waals surface area contributed by atoms with Gasteiger partial charge in [-0.3, -0.25) is 0 Å². The van der Waals surface area contributed by atoms with Gasteiger partial charge in [-0.1, -0.05) is 43.3 Å². The highest BCUT2D eigenvalue weighted by Gasteiger charge is 2.11. The number of hydrogen-bond donors (Lipinski definition) is 0. The predicted octanol–water partition coefficient (Wildman–Crippen LogP) is 3.82. The molecule has 0 heterocycles. The molecule has 0 amide bonds. The summed E-state index contributed by atoms with van der Waals surface area (Å²) < 4.78 is 0.976. The summed E-state index contributed by atoms with van der Waals surface area (Å²) in [4.78, 5) is 0. The molecular formula is C16H17NO. The average molecular weight is 239 g/mol. The Hall–Kier alpha value is -2.09. The lowest BCUT2D eigenvalue weighted by Gasteiger charge is -2.10. The van der Waals surface area contributed by atoms with E-state index in [2.05, 4.69) is 6.92 Å². The lowest BCUT2D eigenvalue weighted by molar-refractivity contribution is -0.355. The van der Waals surface area contributed by atoms with Crippen molar-refractivity contribution in [2.45, 2.75) is 20.3 Å². The summed E-state index contributed by atoms with van der Waals surface area (Å²) >= 11 is 0. The highest BCUT2D eigenvalue weighted by Crippen LogP contribution is 2.23. The minimum atomic E-state index is 0.767. The quantitative estimate of drug-likeness (QED) is 0.346. The fourth-order valence-corrected chi connectivity index (χ4v) is 2.06. The van der Waals surface area contributed by atoms with E-state index in [1.54, 1.807) is 6.21 Å². The zero-order valence-electron chi connectivity index (χ0n) is 10.8. The molecule has 0 aliphatic carbocycles. The Morgan fingerprint density at radius 2 is 1.78 bits per heavy atom. The summed E-state index contributed by atoms with van der Waals surface area (Å²) in [6, 6.07) is 15.6. The van der Waals surface area contributed by atoms with E-state index in [1.165, 1.54) is 0 Å². The van der Waals surface area contributed by atoms with E-state index in [0.717, 1.165) is 33.5 Å². The molecule has 2 heteroatoms. The molecule has 0 radical (unpaired) electrons. The zero-order valence-corrected chi connectivity index (χ0v) is 10.8. The molecule has 0 unspecified atom stereocenters. The molecule has 92 valence electrons. The third-order valence-electron chi connectivity index (χ3n) is 2.99. The Kier molecular flexibility index (Phi) is 3.78. The minimum absolute atomic E-state index is 0.767. The van der Waals surface area contributed by atoms with Gasteiger partial charge >= 0.3 is 0 Å². The number of para-hydroxylation sites is 1. The van der Waals surface area contributed by atoms with Crippen molar-refractivity contribution < 1.29 is 4.74 Å². The first-order valence-corrected chi connectivity index (χ1v) is 6.17. The maximum absolute atomic E-state index is 12.3. The lowest BCUT2D eigenvalue weighted by Crippen LogP contribution is -2.03. The van der Waals surface area contributed by atoms with Crippen LogP contribution in [-0.4, -0.2) is 11.0 Å². The Morgan fingerprint density at radius 1 is 1.06 bits per heavy atom. The molecule has 0 aliphatic rings. The maximum Gasteiger partial charge on any atom is 0.222 e. The summed E-state index contributed by atoms with van der Waals surface area (Å²) in [6.45, 7) is 4.03. The first kappa shape index (κ1) is 12.4. The lowest BCUT2D eigenvalue weighted by atomic mass is 10.1. The molecule has 0 aliphatic heterocycles. The molecule has 0 fully saturated rings. The highest BCUT2D eigenvalue weighted by atomic mass is 16.5. The van der Waals surface area contributed by atoms with Crippen LogP contribution in [0.5, 0.6) is 0 Å². The molecule has 0 spiro atoms. The molecule has 2 rings (SSSR count). The Morgan fingerprint density at radius 3 is 2.44 bits per heavy atom. The largest absolute Gasteiger partial charge is 0.618 e. The average Bonchev–Trinajstić information content (AvgIpc) is 2.39. The number of nitrogens with zero attached hydrogens (tertiary/aromatic N) is 1. The van der Waals surface area contributed by atoms with Gasteiger partial charge in [0.15, 0.2) is 6.21 Å². The van der Waals surface area contributed by atoms with Crippen LogP contribution in [0.1, 0.15) is 23.6 Å². The van der Waals surface area contributed by atoms with E-state index in [9.17, 15) is 5.21 Å². The summed E-state index contributed by atoms with van der Waals surface area (Å²) in [5.74, 6) is 0. The van der Waals surface area contributed by atoms with Crippen molar-refractivity contribution in [3.63, 3.8) is 0 Å². The Labute approximate surface area is 108 Å². The second kappa shape index (κ2) is 5.50. The Bertz CT molecular complexity index is 559. The van der Waals surface area contributed by atoms with Crippen LogP contribution >= 0.6 is 0 Å². The van der Waals surface area contributed by atoms with Crippen molar-refractivity contribution in [3.05, 3.63) is 70.4 Å². The standard InChI is InChI=1S/C16H17NO/c1-3-15-11-7-8-13(2)16(15)17(18)12-14-9-5-4-6-10-14/h4-12H,3H2,1-2H3. The summed E-state index contributed by atoms with van der Waals surface area (Å²) in [7, 11) is 0. The van der Waals surface area contributed by atoms with Gasteiger partial charge in [0, 0.05) is 16.7 Å². The van der Waals surface area contributed by atoms with Crippen LogP contribution < -0.4 is 0 Å². The molecule has 2 aromatic carbocycles. The topological polar surface area (TPSA) is 26.1 Å². The van der Waals surface area contributed by atoms with Crippen molar-refractivity contribution in [2.24, 2.45) is 0 Å². The van der Waals surface area contributed by atoms with Gasteiger partial charge in [-0.2, -0.15) is 4.74 Å². The third-order valence-corrected chi connectivity index (χ3v) is 2.99. The fraction of sp³-hybridized carbons (Fsp3) is 0.188. The van der Waals surface area contributed by atoms with E-state index in [0.29, 0.717) is 0 Å². The molecule has 0 N–H and O–H groups in total. The van der Waals surface area contributed by atoms with Crippen molar-refractivity contribution in [3.8, 4) is 0 Å². The molecule has 0 atom stereocenters. The smallest absolute Gasteiger partial charge is 0.222 e. The van der Waals surface area contributed by atoms with E-state index in [4.69, 9.17) is 0 Å². The first-order chi connectivity index (χ1) is 8.72. The molecule has 0 saturated carbocycles. The monoisotopic (exact) mass is 239 g/mol. The van der Waals surface area contributed by atoms with Gasteiger partial charge < -0.3 is 5.21 Å². The number of benzene rings is 2. The van der Waals surface area contributed by atoms with Crippen LogP contribution in [0, 0.1) is 12.1 Å². The van der Waals surface area contributed by atoms with E-state index >= 15 is 0 Å². The molecule has 18 heavy (non-hydrogen) atoms. The number of aryl methyl sites for hydroxylation is 2. The summed E-state index contributed by atoms with van der Waals surface area (Å²) in [6.07, 6.45) is 2.49. The highest BCUT2D eigenvalue weighted by molar-refractivity contribution is 5.76. The van der Waals surface area contributed by atoms with Gasteiger partial charge in [-0.25, -0.2) is 0 Å². The normalized spacial score (nSPS) is 11.6. The zero-order chi connectivity index (χ0) is 13.0. The van der Waals surface area contributed by atoms with Gasteiger partial charge in [0.05, 0.1) is 0 Å². The van der Waals surface area contributed by atoms with Gasteiger partial charge in [-0.15, -0.1) is 0 Å². The second-order valence-corrected chi connectivity index (χ2v) is 4.30. The second-order valence-electron chi connectivity index (χ2n) is 4.30. The summed E-state index contributed by atoms with van der Waals surface area (Å²) in [5, 5.41) is 12.3. The third kappa shape index (κ3) is 2.59. The molecule has 0 saturated heterocycles. The van der Waals surface area contributed by atoms with Gasteiger partial charge in [0.1, 0.15) is 0 Å². The van der Waals surface area contributed by atoms with Crippen LogP contribution in [0.4, 0.5) is 5.69 Å². The first-order valence-electron chi connectivity index (χ1n) is 6.17. The van der Waals surface area contributed by atoms with E-state index in [-0.39, 0.29) is 0 Å². The van der Waals surface area contributed by atoms with Gasteiger partial charge in [0.25, 0.3) is 0 Å². The van der Waals surface area contributed by atoms with Crippen LogP contribution in [-0.2, 0) is 6.42 Å². The number of hydrogen-bond acceptors (Lipinski definition) is 1. The number of rotatable bonds is 3. The SMILES string of the molecule is CCc1cccc(C)c1[N+]([O-])=Cc1ccccc1. The van der Waals surface area contributed by atoms with Crippen LogP contribution in [0.2, 0.25) is 0 Å².